The minimum Gasteiger partial charge on any atom is -0.508 e. The van der Waals surface area contributed by atoms with Gasteiger partial charge in [-0.3, -0.25) is 10.9 Å². The van der Waals surface area contributed by atoms with Gasteiger partial charge in [-0.1, -0.05) is 18.7 Å². The zero-order chi connectivity index (χ0) is 16.1. The van der Waals surface area contributed by atoms with Crippen molar-refractivity contribution < 1.29 is 5.11 Å². The highest BCUT2D eigenvalue weighted by atomic mass is 32.1. The van der Waals surface area contributed by atoms with Crippen LogP contribution < -0.4 is 16.2 Å². The molecule has 4 nitrogen and oxygen atoms in total. The van der Waals surface area contributed by atoms with E-state index in [4.69, 9.17) is 12.2 Å². The molecule has 0 aliphatic rings. The molecule has 114 valence electrons. The van der Waals surface area contributed by atoms with E-state index in [0.717, 1.165) is 22.4 Å². The molecule has 0 radical (unpaired) electrons. The summed E-state index contributed by atoms with van der Waals surface area (Å²) in [5.74, 6) is 0.219. The molecule has 5 heteroatoms. The van der Waals surface area contributed by atoms with Gasteiger partial charge in [0.15, 0.2) is 5.11 Å². The fourth-order valence-electron chi connectivity index (χ4n) is 1.89. The number of hydrogen-bond donors (Lipinski definition) is 4. The highest BCUT2D eigenvalue weighted by Gasteiger charge is 2.03. The van der Waals surface area contributed by atoms with Crippen molar-refractivity contribution in [1.82, 2.24) is 10.9 Å². The molecule has 0 amide bonds. The van der Waals surface area contributed by atoms with E-state index in [0.29, 0.717) is 10.8 Å². The minimum atomic E-state index is 0.219. The number of phenols is 1. The highest BCUT2D eigenvalue weighted by Crippen LogP contribution is 2.16. The Hall–Kier alpha value is -2.53. The second kappa shape index (κ2) is 6.95. The van der Waals surface area contributed by atoms with Crippen LogP contribution in [-0.2, 0) is 0 Å². The number of hydrogen-bond acceptors (Lipinski definition) is 3. The van der Waals surface area contributed by atoms with Crippen LogP contribution in [-0.4, -0.2) is 10.2 Å². The van der Waals surface area contributed by atoms with Gasteiger partial charge in [0.2, 0.25) is 0 Å². The summed E-state index contributed by atoms with van der Waals surface area (Å²) in [5.41, 5.74) is 10.6. The van der Waals surface area contributed by atoms with Crippen molar-refractivity contribution in [1.29, 1.82) is 0 Å². The lowest BCUT2D eigenvalue weighted by Crippen LogP contribution is -2.38. The van der Waals surface area contributed by atoms with Crippen LogP contribution >= 0.6 is 12.2 Å². The molecule has 0 aliphatic carbocycles. The smallest absolute Gasteiger partial charge is 0.189 e. The van der Waals surface area contributed by atoms with E-state index in [1.54, 1.807) is 24.3 Å². The fraction of sp³-hybridized carbons (Fsp3) is 0.118. The van der Waals surface area contributed by atoms with Crippen LogP contribution in [0.5, 0.6) is 5.75 Å². The summed E-state index contributed by atoms with van der Waals surface area (Å²) in [6.07, 6.45) is 0. The summed E-state index contributed by atoms with van der Waals surface area (Å²) in [7, 11) is 0. The number of phenolic OH excluding ortho intramolecular Hbond substituents is 1. The number of aromatic hydroxyl groups is 1. The summed E-state index contributed by atoms with van der Waals surface area (Å²) in [6.45, 7) is 7.98. The first-order valence-electron chi connectivity index (χ1n) is 6.84. The molecule has 0 saturated carbocycles. The van der Waals surface area contributed by atoms with Crippen molar-refractivity contribution >= 4 is 28.7 Å². The third kappa shape index (κ3) is 4.23. The van der Waals surface area contributed by atoms with Crippen molar-refractivity contribution in [3.05, 3.63) is 65.7 Å². The Morgan fingerprint density at radius 1 is 1.05 bits per heavy atom. The van der Waals surface area contributed by atoms with E-state index in [-0.39, 0.29) is 5.75 Å². The Kier molecular flexibility index (Phi) is 5.01. The van der Waals surface area contributed by atoms with Crippen molar-refractivity contribution in [3.63, 3.8) is 0 Å². The standard InChI is InChI=1S/C17H19N3OS/c1-11-4-5-12(2)16(10-11)18-17(22)20-19-13(3)14-6-8-15(21)9-7-14/h4-10,19,21H,3H2,1-2H3,(H2,18,20,22). The summed E-state index contributed by atoms with van der Waals surface area (Å²) < 4.78 is 0. The highest BCUT2D eigenvalue weighted by molar-refractivity contribution is 7.80. The lowest BCUT2D eigenvalue weighted by Gasteiger charge is -2.16. The number of hydrazine groups is 1. The quantitative estimate of drug-likeness (QED) is 0.514. The van der Waals surface area contributed by atoms with Crippen molar-refractivity contribution in [2.45, 2.75) is 13.8 Å². The van der Waals surface area contributed by atoms with Crippen molar-refractivity contribution in [2.75, 3.05) is 5.32 Å². The topological polar surface area (TPSA) is 56.3 Å². The zero-order valence-corrected chi connectivity index (χ0v) is 13.4. The molecule has 2 rings (SSSR count). The van der Waals surface area contributed by atoms with Crippen molar-refractivity contribution in [2.24, 2.45) is 0 Å². The van der Waals surface area contributed by atoms with Crippen LogP contribution in [0.25, 0.3) is 5.70 Å². The van der Waals surface area contributed by atoms with Crippen LogP contribution in [0.2, 0.25) is 0 Å². The van der Waals surface area contributed by atoms with Crippen LogP contribution in [0.4, 0.5) is 5.69 Å². The second-order valence-corrected chi connectivity index (χ2v) is 5.46. The van der Waals surface area contributed by atoms with E-state index in [1.807, 2.05) is 26.0 Å². The molecule has 2 aromatic rings. The monoisotopic (exact) mass is 313 g/mol. The van der Waals surface area contributed by atoms with E-state index < -0.39 is 0 Å². The summed E-state index contributed by atoms with van der Waals surface area (Å²) in [4.78, 5) is 0. The average Bonchev–Trinajstić information content (AvgIpc) is 2.49. The van der Waals surface area contributed by atoms with Gasteiger partial charge in [-0.2, -0.15) is 0 Å². The van der Waals surface area contributed by atoms with Gasteiger partial charge in [0.25, 0.3) is 0 Å². The maximum absolute atomic E-state index is 9.27. The maximum Gasteiger partial charge on any atom is 0.189 e. The predicted octanol–water partition coefficient (Wildman–Crippen LogP) is 3.47. The van der Waals surface area contributed by atoms with Gasteiger partial charge in [-0.05, 0) is 73.1 Å². The lowest BCUT2D eigenvalue weighted by atomic mass is 10.1. The van der Waals surface area contributed by atoms with Crippen LogP contribution in [0, 0.1) is 13.8 Å². The summed E-state index contributed by atoms with van der Waals surface area (Å²) >= 11 is 5.26. The molecule has 2 aromatic carbocycles. The van der Waals surface area contributed by atoms with E-state index >= 15 is 0 Å². The molecular formula is C17H19N3OS. The minimum absolute atomic E-state index is 0.219. The first kappa shape index (κ1) is 15.9. The average molecular weight is 313 g/mol. The van der Waals surface area contributed by atoms with Crippen LogP contribution in [0.15, 0.2) is 49.0 Å². The van der Waals surface area contributed by atoms with E-state index in [9.17, 15) is 5.11 Å². The molecule has 0 bridgehead atoms. The Labute approximate surface area is 135 Å². The largest absolute Gasteiger partial charge is 0.508 e. The number of benzene rings is 2. The van der Waals surface area contributed by atoms with Gasteiger partial charge < -0.3 is 10.4 Å². The number of thiocarbonyl (C=S) groups is 1. The second-order valence-electron chi connectivity index (χ2n) is 5.05. The Morgan fingerprint density at radius 3 is 2.41 bits per heavy atom. The molecule has 0 unspecified atom stereocenters. The van der Waals surface area contributed by atoms with Gasteiger partial charge in [0.1, 0.15) is 5.75 Å². The zero-order valence-electron chi connectivity index (χ0n) is 12.6. The molecule has 4 N–H and O–H groups in total. The molecule has 0 fully saturated rings. The summed E-state index contributed by atoms with van der Waals surface area (Å²) in [5, 5.41) is 12.9. The number of aryl methyl sites for hydroxylation is 2. The molecule has 0 aromatic heterocycles. The fourth-order valence-corrected chi connectivity index (χ4v) is 2.05. The van der Waals surface area contributed by atoms with Gasteiger partial charge in [-0.15, -0.1) is 0 Å². The predicted molar refractivity (Wildman–Crippen MR) is 95.5 cm³/mol. The molecule has 0 atom stereocenters. The van der Waals surface area contributed by atoms with Crippen LogP contribution in [0.1, 0.15) is 16.7 Å². The van der Waals surface area contributed by atoms with Gasteiger partial charge >= 0.3 is 0 Å². The first-order chi connectivity index (χ1) is 10.5. The Balaban J connectivity index is 1.91. The molecule has 22 heavy (non-hydrogen) atoms. The van der Waals surface area contributed by atoms with E-state index in [2.05, 4.69) is 28.8 Å². The molecular weight excluding hydrogens is 294 g/mol. The maximum atomic E-state index is 9.27. The lowest BCUT2D eigenvalue weighted by molar-refractivity contribution is 0.475. The van der Waals surface area contributed by atoms with Gasteiger partial charge in [0, 0.05) is 5.69 Å². The Morgan fingerprint density at radius 2 is 1.73 bits per heavy atom. The number of nitrogens with one attached hydrogen (secondary N) is 3. The van der Waals surface area contributed by atoms with Crippen molar-refractivity contribution in [3.8, 4) is 5.75 Å². The van der Waals surface area contributed by atoms with Crippen LogP contribution in [0.3, 0.4) is 0 Å². The summed E-state index contributed by atoms with van der Waals surface area (Å²) in [6, 6.07) is 12.9. The SMILES string of the molecule is C=C(NNC(=S)Nc1cc(C)ccc1C)c1ccc(O)cc1. The third-order valence-electron chi connectivity index (χ3n) is 3.18. The molecule has 0 aliphatic heterocycles. The number of rotatable bonds is 4. The third-order valence-corrected chi connectivity index (χ3v) is 3.39. The van der Waals surface area contributed by atoms with Gasteiger partial charge in [-0.25, -0.2) is 0 Å². The number of anilines is 1. The Bertz CT molecular complexity index is 696. The first-order valence-corrected chi connectivity index (χ1v) is 7.25. The molecule has 0 spiro atoms. The van der Waals surface area contributed by atoms with Gasteiger partial charge in [0.05, 0.1) is 5.70 Å². The normalized spacial score (nSPS) is 9.91. The molecule has 0 heterocycles. The van der Waals surface area contributed by atoms with E-state index in [1.165, 1.54) is 0 Å². The molecule has 0 saturated heterocycles.